The molecule has 2 aliphatic heterocycles. The second kappa shape index (κ2) is 5.87. The van der Waals surface area contributed by atoms with Gasteiger partial charge >= 0.3 is 6.09 Å². The molecule has 4 heterocycles. The number of anilines is 3. The molecule has 0 aliphatic carbocycles. The molecule has 2 aromatic heterocycles. The minimum atomic E-state index is -0.853. The standard InChI is InChI=1S/C16H17ClN6O3/c1-21-14(24)11(4-12(17)20-21)19-13-3-2-10(5-18-13)22-6-16(7-22)8-23(9-16)15(25)26/h2-5H,6-9H2,1H3,(H,18,19)(H,25,26). The average molecular weight is 377 g/mol. The lowest BCUT2D eigenvalue weighted by molar-refractivity contribution is -0.00943. The smallest absolute Gasteiger partial charge is 0.407 e. The minimum Gasteiger partial charge on any atom is -0.465 e. The number of hydrogen-bond donors (Lipinski definition) is 2. The van der Waals surface area contributed by atoms with Gasteiger partial charge in [0.25, 0.3) is 5.56 Å². The third-order valence-corrected chi connectivity index (χ3v) is 4.97. The van der Waals surface area contributed by atoms with Gasteiger partial charge in [-0.2, -0.15) is 5.10 Å². The summed E-state index contributed by atoms with van der Waals surface area (Å²) in [6, 6.07) is 5.17. The molecule has 0 bridgehead atoms. The fraction of sp³-hybridized carbons (Fsp3) is 0.375. The van der Waals surface area contributed by atoms with Crippen LogP contribution >= 0.6 is 11.6 Å². The van der Waals surface area contributed by atoms with Crippen LogP contribution in [0.4, 0.5) is 22.0 Å². The Bertz CT molecular complexity index is 915. The number of halogens is 1. The van der Waals surface area contributed by atoms with Crippen molar-refractivity contribution in [1.29, 1.82) is 0 Å². The van der Waals surface area contributed by atoms with E-state index in [4.69, 9.17) is 16.7 Å². The van der Waals surface area contributed by atoms with Crippen molar-refractivity contribution in [1.82, 2.24) is 19.7 Å². The number of carbonyl (C=O) groups is 1. The van der Waals surface area contributed by atoms with Gasteiger partial charge in [0.15, 0.2) is 5.15 Å². The summed E-state index contributed by atoms with van der Waals surface area (Å²) in [6.45, 7) is 2.84. The molecule has 1 spiro atoms. The highest BCUT2D eigenvalue weighted by Crippen LogP contribution is 2.41. The van der Waals surface area contributed by atoms with Gasteiger partial charge in [-0.15, -0.1) is 0 Å². The van der Waals surface area contributed by atoms with Crippen LogP contribution < -0.4 is 15.8 Å². The van der Waals surface area contributed by atoms with Crippen molar-refractivity contribution in [3.63, 3.8) is 0 Å². The van der Waals surface area contributed by atoms with Crippen LogP contribution in [-0.2, 0) is 7.05 Å². The minimum absolute atomic E-state index is 0.0926. The topological polar surface area (TPSA) is 104 Å². The van der Waals surface area contributed by atoms with Crippen molar-refractivity contribution in [2.75, 3.05) is 36.4 Å². The zero-order valence-corrected chi connectivity index (χ0v) is 14.8. The SMILES string of the molecule is Cn1nc(Cl)cc(Nc2ccc(N3CC4(CN(C(=O)O)C4)C3)cn2)c1=O. The first-order chi connectivity index (χ1) is 12.3. The molecule has 2 fully saturated rings. The lowest BCUT2D eigenvalue weighted by Crippen LogP contribution is -2.73. The predicted octanol–water partition coefficient (Wildman–Crippen LogP) is 1.37. The molecule has 2 saturated heterocycles. The summed E-state index contributed by atoms with van der Waals surface area (Å²) in [5.74, 6) is 0.532. The molecule has 4 rings (SSSR count). The molecule has 0 atom stereocenters. The summed E-state index contributed by atoms with van der Waals surface area (Å²) in [5, 5.41) is 15.9. The molecule has 0 aromatic carbocycles. The van der Waals surface area contributed by atoms with Gasteiger partial charge in [0.1, 0.15) is 11.5 Å². The highest BCUT2D eigenvalue weighted by Gasteiger charge is 2.53. The number of nitrogens with one attached hydrogen (secondary N) is 1. The number of hydrogen-bond acceptors (Lipinski definition) is 6. The molecule has 26 heavy (non-hydrogen) atoms. The maximum Gasteiger partial charge on any atom is 0.407 e. The molecule has 136 valence electrons. The summed E-state index contributed by atoms with van der Waals surface area (Å²) in [4.78, 5) is 30.9. The monoisotopic (exact) mass is 376 g/mol. The van der Waals surface area contributed by atoms with Crippen LogP contribution in [0, 0.1) is 5.41 Å². The van der Waals surface area contributed by atoms with E-state index >= 15 is 0 Å². The Morgan fingerprint density at radius 1 is 1.31 bits per heavy atom. The zero-order valence-electron chi connectivity index (χ0n) is 14.0. The second-order valence-corrected chi connectivity index (χ2v) is 7.22. The highest BCUT2D eigenvalue weighted by molar-refractivity contribution is 6.29. The number of pyridine rings is 1. The number of amides is 1. The number of rotatable bonds is 3. The second-order valence-electron chi connectivity index (χ2n) is 6.83. The summed E-state index contributed by atoms with van der Waals surface area (Å²) in [7, 11) is 1.53. The van der Waals surface area contributed by atoms with Crippen LogP contribution in [0.2, 0.25) is 5.15 Å². The molecule has 1 amide bonds. The Kier molecular flexibility index (Phi) is 3.76. The number of aryl methyl sites for hydroxylation is 1. The van der Waals surface area contributed by atoms with Crippen LogP contribution in [0.5, 0.6) is 0 Å². The normalized spacial score (nSPS) is 17.6. The number of likely N-dealkylation sites (tertiary alicyclic amines) is 1. The number of aromatic nitrogens is 3. The lowest BCUT2D eigenvalue weighted by atomic mass is 9.73. The predicted molar refractivity (Wildman–Crippen MR) is 96.3 cm³/mol. The Hall–Kier alpha value is -2.81. The third kappa shape index (κ3) is 2.84. The van der Waals surface area contributed by atoms with E-state index in [-0.39, 0.29) is 16.1 Å². The molecule has 0 saturated carbocycles. The summed E-state index contributed by atoms with van der Waals surface area (Å²) in [6.07, 6.45) is 0.879. The summed E-state index contributed by atoms with van der Waals surface area (Å²) >= 11 is 5.88. The molecule has 0 radical (unpaired) electrons. The summed E-state index contributed by atoms with van der Waals surface area (Å²) < 4.78 is 1.16. The van der Waals surface area contributed by atoms with Crippen molar-refractivity contribution in [2.24, 2.45) is 12.5 Å². The Labute approximate surface area is 153 Å². The quantitative estimate of drug-likeness (QED) is 0.833. The lowest BCUT2D eigenvalue weighted by Gasteiger charge is -2.60. The van der Waals surface area contributed by atoms with E-state index in [1.807, 2.05) is 6.07 Å². The van der Waals surface area contributed by atoms with Crippen LogP contribution in [0.1, 0.15) is 0 Å². The molecule has 10 heteroatoms. The maximum atomic E-state index is 12.0. The Balaban J connectivity index is 1.40. The maximum absolute atomic E-state index is 12.0. The van der Waals surface area contributed by atoms with Gasteiger partial charge in [-0.05, 0) is 12.1 Å². The van der Waals surface area contributed by atoms with Crippen molar-refractivity contribution in [3.8, 4) is 0 Å². The first-order valence-electron chi connectivity index (χ1n) is 8.05. The fourth-order valence-electron chi connectivity index (χ4n) is 3.49. The molecule has 2 N–H and O–H groups in total. The van der Waals surface area contributed by atoms with Gasteiger partial charge < -0.3 is 20.2 Å². The third-order valence-electron chi connectivity index (χ3n) is 4.78. The molecular weight excluding hydrogens is 360 g/mol. The van der Waals surface area contributed by atoms with Crippen LogP contribution in [0.3, 0.4) is 0 Å². The van der Waals surface area contributed by atoms with Crippen LogP contribution in [0.15, 0.2) is 29.2 Å². The number of carboxylic acid groups (broad SMARTS) is 1. The van der Waals surface area contributed by atoms with Gasteiger partial charge in [0, 0.05) is 44.7 Å². The first kappa shape index (κ1) is 16.6. The van der Waals surface area contributed by atoms with Crippen LogP contribution in [0.25, 0.3) is 0 Å². The molecular formula is C16H17ClN6O3. The Morgan fingerprint density at radius 3 is 2.65 bits per heavy atom. The van der Waals surface area contributed by atoms with E-state index in [1.54, 1.807) is 12.3 Å². The van der Waals surface area contributed by atoms with Crippen molar-refractivity contribution >= 4 is 34.9 Å². The molecule has 0 unspecified atom stereocenters. The summed E-state index contributed by atoms with van der Waals surface area (Å²) in [5.41, 5.74) is 1.07. The van der Waals surface area contributed by atoms with E-state index in [9.17, 15) is 9.59 Å². The van der Waals surface area contributed by atoms with E-state index in [0.29, 0.717) is 24.6 Å². The van der Waals surface area contributed by atoms with E-state index in [2.05, 4.69) is 20.3 Å². The number of nitrogens with zero attached hydrogens (tertiary/aromatic N) is 5. The largest absolute Gasteiger partial charge is 0.465 e. The first-order valence-corrected chi connectivity index (χ1v) is 8.43. The highest BCUT2D eigenvalue weighted by atomic mass is 35.5. The average Bonchev–Trinajstić information content (AvgIpc) is 2.50. The van der Waals surface area contributed by atoms with Gasteiger partial charge in [0.05, 0.1) is 11.9 Å². The van der Waals surface area contributed by atoms with Crippen molar-refractivity contribution in [3.05, 3.63) is 39.9 Å². The van der Waals surface area contributed by atoms with Crippen molar-refractivity contribution in [2.45, 2.75) is 0 Å². The Morgan fingerprint density at radius 2 is 2.04 bits per heavy atom. The molecule has 2 aliphatic rings. The van der Waals surface area contributed by atoms with Crippen molar-refractivity contribution < 1.29 is 9.90 Å². The van der Waals surface area contributed by atoms with Gasteiger partial charge in [-0.25, -0.2) is 14.5 Å². The van der Waals surface area contributed by atoms with E-state index < -0.39 is 6.09 Å². The fourth-order valence-corrected chi connectivity index (χ4v) is 3.71. The van der Waals surface area contributed by atoms with Gasteiger partial charge in [-0.3, -0.25) is 4.79 Å². The van der Waals surface area contributed by atoms with E-state index in [0.717, 1.165) is 23.5 Å². The van der Waals surface area contributed by atoms with E-state index in [1.165, 1.54) is 18.0 Å². The molecule has 2 aromatic rings. The zero-order chi connectivity index (χ0) is 18.5. The van der Waals surface area contributed by atoms with Gasteiger partial charge in [-0.1, -0.05) is 11.6 Å². The molecule has 9 nitrogen and oxygen atoms in total. The van der Waals surface area contributed by atoms with Gasteiger partial charge in [0.2, 0.25) is 0 Å². The van der Waals surface area contributed by atoms with Crippen LogP contribution in [-0.4, -0.2) is 57.0 Å².